The summed E-state index contributed by atoms with van der Waals surface area (Å²) in [6.07, 6.45) is 4.71. The van der Waals surface area contributed by atoms with Crippen LogP contribution in [0.2, 0.25) is 0 Å². The molecule has 1 rings (SSSR count). The van der Waals surface area contributed by atoms with E-state index in [0.717, 1.165) is 12.2 Å². The highest BCUT2D eigenvalue weighted by Crippen LogP contribution is 2.14. The maximum absolute atomic E-state index is 10.8. The first kappa shape index (κ1) is 9.77. The van der Waals surface area contributed by atoms with Gasteiger partial charge in [0, 0.05) is 18.8 Å². The van der Waals surface area contributed by atoms with Crippen LogP contribution in [-0.4, -0.2) is 20.6 Å². The lowest BCUT2D eigenvalue weighted by molar-refractivity contribution is -0.141. The van der Waals surface area contributed by atoms with E-state index in [4.69, 9.17) is 5.11 Å². The van der Waals surface area contributed by atoms with E-state index in [1.165, 1.54) is 0 Å². The zero-order valence-corrected chi connectivity index (χ0v) is 7.90. The molecule has 4 nitrogen and oxygen atoms in total. The van der Waals surface area contributed by atoms with Gasteiger partial charge in [0.2, 0.25) is 0 Å². The molecule has 0 aliphatic rings. The number of nitrogens with zero attached hydrogens (tertiary/aromatic N) is 2. The van der Waals surface area contributed by atoms with Gasteiger partial charge in [-0.15, -0.1) is 0 Å². The van der Waals surface area contributed by atoms with Gasteiger partial charge in [-0.05, 0) is 6.42 Å². The molecule has 13 heavy (non-hydrogen) atoms. The highest BCUT2D eigenvalue weighted by Gasteiger charge is 2.18. The molecule has 1 heterocycles. The van der Waals surface area contributed by atoms with Crippen LogP contribution in [-0.2, 0) is 11.2 Å². The number of aryl methyl sites for hydroxylation is 1. The van der Waals surface area contributed by atoms with Crippen molar-refractivity contribution in [3.05, 3.63) is 18.2 Å². The van der Waals surface area contributed by atoms with E-state index in [0.29, 0.717) is 6.42 Å². The van der Waals surface area contributed by atoms with Gasteiger partial charge in [-0.25, -0.2) is 9.78 Å². The molecular weight excluding hydrogens is 168 g/mol. The van der Waals surface area contributed by atoms with Crippen LogP contribution in [0.5, 0.6) is 0 Å². The van der Waals surface area contributed by atoms with Crippen molar-refractivity contribution in [3.63, 3.8) is 0 Å². The molecule has 0 saturated carbocycles. The van der Waals surface area contributed by atoms with Gasteiger partial charge < -0.3 is 9.67 Å². The standard InChI is InChI=1S/C9H14N2O2/c1-3-7(9(12)13)11-6-5-10-8(11)4-2/h5-7H,3-4H2,1-2H3,(H,12,13). The normalized spacial score (nSPS) is 12.8. The number of carboxylic acid groups (broad SMARTS) is 1. The summed E-state index contributed by atoms with van der Waals surface area (Å²) < 4.78 is 1.72. The summed E-state index contributed by atoms with van der Waals surface area (Å²) in [6.45, 7) is 3.83. The topological polar surface area (TPSA) is 55.1 Å². The minimum absolute atomic E-state index is 0.475. The molecule has 0 saturated heterocycles. The van der Waals surface area contributed by atoms with Crippen LogP contribution < -0.4 is 0 Å². The molecule has 1 aromatic rings. The molecule has 1 atom stereocenters. The molecule has 1 aromatic heterocycles. The first-order valence-corrected chi connectivity index (χ1v) is 4.45. The van der Waals surface area contributed by atoms with Crippen LogP contribution in [0, 0.1) is 0 Å². The molecule has 0 aliphatic heterocycles. The smallest absolute Gasteiger partial charge is 0.326 e. The van der Waals surface area contributed by atoms with E-state index >= 15 is 0 Å². The lowest BCUT2D eigenvalue weighted by Crippen LogP contribution is -2.19. The number of carboxylic acids is 1. The Morgan fingerprint density at radius 2 is 2.38 bits per heavy atom. The fraction of sp³-hybridized carbons (Fsp3) is 0.556. The molecule has 1 unspecified atom stereocenters. The second-order valence-electron chi connectivity index (χ2n) is 2.87. The molecule has 0 amide bonds. The number of carbonyl (C=O) groups is 1. The van der Waals surface area contributed by atoms with Crippen molar-refractivity contribution >= 4 is 5.97 Å². The first-order valence-electron chi connectivity index (χ1n) is 4.45. The Morgan fingerprint density at radius 3 is 2.85 bits per heavy atom. The maximum atomic E-state index is 10.8. The molecule has 4 heteroatoms. The van der Waals surface area contributed by atoms with E-state index in [-0.39, 0.29) is 0 Å². The van der Waals surface area contributed by atoms with Crippen LogP contribution in [0.3, 0.4) is 0 Å². The van der Waals surface area contributed by atoms with Gasteiger partial charge >= 0.3 is 5.97 Å². The van der Waals surface area contributed by atoms with E-state index in [1.54, 1.807) is 17.0 Å². The lowest BCUT2D eigenvalue weighted by atomic mass is 10.2. The minimum atomic E-state index is -0.796. The van der Waals surface area contributed by atoms with Gasteiger partial charge in [0.1, 0.15) is 11.9 Å². The number of aromatic nitrogens is 2. The van der Waals surface area contributed by atoms with Gasteiger partial charge in [-0.2, -0.15) is 0 Å². The van der Waals surface area contributed by atoms with E-state index in [9.17, 15) is 4.79 Å². The zero-order valence-electron chi connectivity index (χ0n) is 7.90. The average Bonchev–Trinajstić information content (AvgIpc) is 2.53. The minimum Gasteiger partial charge on any atom is -0.480 e. The molecule has 0 spiro atoms. The van der Waals surface area contributed by atoms with E-state index in [2.05, 4.69) is 4.98 Å². The summed E-state index contributed by atoms with van der Waals surface area (Å²) in [5.41, 5.74) is 0. The number of hydrogen-bond donors (Lipinski definition) is 1. The fourth-order valence-electron chi connectivity index (χ4n) is 1.39. The van der Waals surface area contributed by atoms with Crippen molar-refractivity contribution in [2.75, 3.05) is 0 Å². The third-order valence-corrected chi connectivity index (χ3v) is 2.07. The Hall–Kier alpha value is -1.32. The highest BCUT2D eigenvalue weighted by molar-refractivity contribution is 5.71. The van der Waals surface area contributed by atoms with E-state index < -0.39 is 12.0 Å². The molecule has 0 aliphatic carbocycles. The van der Waals surface area contributed by atoms with E-state index in [1.807, 2.05) is 13.8 Å². The van der Waals surface area contributed by atoms with Crippen molar-refractivity contribution in [2.24, 2.45) is 0 Å². The Balaban J connectivity index is 2.96. The maximum Gasteiger partial charge on any atom is 0.326 e. The van der Waals surface area contributed by atoms with Gasteiger partial charge in [0.05, 0.1) is 0 Å². The van der Waals surface area contributed by atoms with Crippen LogP contribution >= 0.6 is 0 Å². The van der Waals surface area contributed by atoms with Gasteiger partial charge in [-0.3, -0.25) is 0 Å². The third kappa shape index (κ3) is 1.88. The predicted octanol–water partition coefficient (Wildman–Crippen LogP) is 1.48. The van der Waals surface area contributed by atoms with Crippen LogP contribution in [0.15, 0.2) is 12.4 Å². The fourth-order valence-corrected chi connectivity index (χ4v) is 1.39. The van der Waals surface area contributed by atoms with Crippen LogP contribution in [0.25, 0.3) is 0 Å². The number of hydrogen-bond acceptors (Lipinski definition) is 2. The third-order valence-electron chi connectivity index (χ3n) is 2.07. The molecule has 1 N–H and O–H groups in total. The number of rotatable bonds is 4. The SMILES string of the molecule is CCc1nccn1C(CC)C(=O)O. The van der Waals surface area contributed by atoms with Crippen molar-refractivity contribution in [1.29, 1.82) is 0 Å². The predicted molar refractivity (Wildman–Crippen MR) is 48.6 cm³/mol. The second-order valence-corrected chi connectivity index (χ2v) is 2.87. The largest absolute Gasteiger partial charge is 0.480 e. The van der Waals surface area contributed by atoms with Gasteiger partial charge in [0.25, 0.3) is 0 Å². The zero-order chi connectivity index (χ0) is 9.84. The lowest BCUT2D eigenvalue weighted by Gasteiger charge is -2.13. The quantitative estimate of drug-likeness (QED) is 0.767. The summed E-state index contributed by atoms with van der Waals surface area (Å²) in [5.74, 6) is 0.0319. The van der Waals surface area contributed by atoms with Crippen LogP contribution in [0.4, 0.5) is 0 Å². The summed E-state index contributed by atoms with van der Waals surface area (Å²) in [6, 6.07) is -0.475. The summed E-state index contributed by atoms with van der Waals surface area (Å²) in [7, 11) is 0. The monoisotopic (exact) mass is 182 g/mol. The Labute approximate surface area is 77.2 Å². The molecule has 0 fully saturated rings. The molecular formula is C9H14N2O2. The van der Waals surface area contributed by atoms with Gasteiger partial charge in [0.15, 0.2) is 0 Å². The molecule has 0 bridgehead atoms. The Bertz CT molecular complexity index is 294. The summed E-state index contributed by atoms with van der Waals surface area (Å²) in [5, 5.41) is 8.92. The van der Waals surface area contributed by atoms with Crippen molar-refractivity contribution < 1.29 is 9.90 Å². The van der Waals surface area contributed by atoms with Crippen molar-refractivity contribution in [2.45, 2.75) is 32.7 Å². The Kier molecular flexibility index (Phi) is 3.06. The van der Waals surface area contributed by atoms with Crippen molar-refractivity contribution in [3.8, 4) is 0 Å². The van der Waals surface area contributed by atoms with Crippen LogP contribution in [0.1, 0.15) is 32.1 Å². The summed E-state index contributed by atoms with van der Waals surface area (Å²) >= 11 is 0. The second kappa shape index (κ2) is 4.07. The molecule has 0 aromatic carbocycles. The highest BCUT2D eigenvalue weighted by atomic mass is 16.4. The number of imidazole rings is 1. The average molecular weight is 182 g/mol. The Morgan fingerprint density at radius 1 is 1.69 bits per heavy atom. The van der Waals surface area contributed by atoms with Crippen molar-refractivity contribution in [1.82, 2.24) is 9.55 Å². The first-order chi connectivity index (χ1) is 6.20. The van der Waals surface area contributed by atoms with Gasteiger partial charge in [-0.1, -0.05) is 13.8 Å². The number of aliphatic carboxylic acids is 1. The molecule has 0 radical (unpaired) electrons. The molecule has 72 valence electrons. The summed E-state index contributed by atoms with van der Waals surface area (Å²) in [4.78, 5) is 14.9.